The summed E-state index contributed by atoms with van der Waals surface area (Å²) < 4.78 is 19.8. The van der Waals surface area contributed by atoms with E-state index in [1.807, 2.05) is 0 Å². The first-order valence-electron chi connectivity index (χ1n) is 9.11. The predicted molar refractivity (Wildman–Crippen MR) is 106 cm³/mol. The van der Waals surface area contributed by atoms with Gasteiger partial charge in [0.1, 0.15) is 12.2 Å². The van der Waals surface area contributed by atoms with Crippen molar-refractivity contribution in [1.29, 1.82) is 0 Å². The van der Waals surface area contributed by atoms with Crippen LogP contribution in [0.1, 0.15) is 46.5 Å². The minimum Gasteiger partial charge on any atom is -0.414 e. The lowest BCUT2D eigenvalue weighted by Gasteiger charge is -2.38. The zero-order chi connectivity index (χ0) is 17.8. The second-order valence-corrected chi connectivity index (χ2v) is 14.1. The standard InChI is InChI=1S/C19H33BrO3Si/c1-19(2,3)24(4,5)23-14-18-17(11-8-12-21-18)22-13-15-9-6-7-10-16(15)20/h8,11,17-18H,6-7,9-10,12-14H2,1-5H3/t17-,18+/m0/s1. The molecule has 0 aromatic rings. The Bertz CT molecular complexity index is 479. The summed E-state index contributed by atoms with van der Waals surface area (Å²) in [6.45, 7) is 13.3. The van der Waals surface area contributed by atoms with Crippen molar-refractivity contribution in [2.45, 2.75) is 76.8 Å². The molecule has 1 aliphatic heterocycles. The van der Waals surface area contributed by atoms with E-state index in [0.29, 0.717) is 19.8 Å². The highest BCUT2D eigenvalue weighted by molar-refractivity contribution is 9.11. The number of ether oxygens (including phenoxy) is 2. The maximum atomic E-state index is 6.36. The maximum Gasteiger partial charge on any atom is 0.192 e. The van der Waals surface area contributed by atoms with Crippen LogP contribution in [0.5, 0.6) is 0 Å². The molecule has 24 heavy (non-hydrogen) atoms. The van der Waals surface area contributed by atoms with Gasteiger partial charge in [0.2, 0.25) is 0 Å². The van der Waals surface area contributed by atoms with E-state index in [1.54, 1.807) is 0 Å². The summed E-state index contributed by atoms with van der Waals surface area (Å²) in [6.07, 6.45) is 9.00. The van der Waals surface area contributed by atoms with Crippen molar-refractivity contribution in [1.82, 2.24) is 0 Å². The highest BCUT2D eigenvalue weighted by atomic mass is 79.9. The van der Waals surface area contributed by atoms with Crippen molar-refractivity contribution < 1.29 is 13.9 Å². The summed E-state index contributed by atoms with van der Waals surface area (Å²) in [5.41, 5.74) is 1.41. The van der Waals surface area contributed by atoms with E-state index in [9.17, 15) is 0 Å². The van der Waals surface area contributed by atoms with Crippen LogP contribution in [0.25, 0.3) is 0 Å². The Morgan fingerprint density at radius 2 is 1.96 bits per heavy atom. The van der Waals surface area contributed by atoms with Gasteiger partial charge in [-0.25, -0.2) is 0 Å². The molecule has 0 aromatic heterocycles. The molecule has 0 spiro atoms. The summed E-state index contributed by atoms with van der Waals surface area (Å²) in [7, 11) is -1.76. The van der Waals surface area contributed by atoms with Gasteiger partial charge in [-0.2, -0.15) is 0 Å². The summed E-state index contributed by atoms with van der Waals surface area (Å²) in [5.74, 6) is 0. The van der Waals surface area contributed by atoms with Crippen molar-refractivity contribution in [2.24, 2.45) is 0 Å². The SMILES string of the molecule is CC(C)(C)[Si](C)(C)OC[C@H]1OCC=C[C@@H]1OCC1=C(Br)CCCC1. The third kappa shape index (κ3) is 5.53. The van der Waals surface area contributed by atoms with Crippen LogP contribution in [0.15, 0.2) is 22.2 Å². The van der Waals surface area contributed by atoms with Crippen molar-refractivity contribution in [3.63, 3.8) is 0 Å². The van der Waals surface area contributed by atoms with Gasteiger partial charge in [-0.3, -0.25) is 0 Å². The molecule has 3 nitrogen and oxygen atoms in total. The molecule has 0 aromatic carbocycles. The van der Waals surface area contributed by atoms with Crippen LogP contribution in [0, 0.1) is 0 Å². The highest BCUT2D eigenvalue weighted by Gasteiger charge is 2.38. The lowest BCUT2D eigenvalue weighted by atomic mass is 10.00. The van der Waals surface area contributed by atoms with Crippen LogP contribution >= 0.6 is 15.9 Å². The molecule has 0 unspecified atom stereocenters. The Morgan fingerprint density at radius 3 is 2.62 bits per heavy atom. The van der Waals surface area contributed by atoms with Gasteiger partial charge < -0.3 is 13.9 Å². The fourth-order valence-electron chi connectivity index (χ4n) is 2.68. The number of hydrogen-bond acceptors (Lipinski definition) is 3. The van der Waals surface area contributed by atoms with Gasteiger partial charge in [-0.05, 0) is 53.9 Å². The maximum absolute atomic E-state index is 6.36. The summed E-state index contributed by atoms with van der Waals surface area (Å²) in [5, 5.41) is 0.214. The number of hydrogen-bond donors (Lipinski definition) is 0. The molecule has 5 heteroatoms. The molecule has 0 bridgehead atoms. The van der Waals surface area contributed by atoms with Gasteiger partial charge in [0.05, 0.1) is 19.8 Å². The molecular formula is C19H33BrO3Si. The van der Waals surface area contributed by atoms with Gasteiger partial charge in [-0.1, -0.05) is 48.9 Å². The van der Waals surface area contributed by atoms with E-state index in [2.05, 4.69) is 61.9 Å². The van der Waals surface area contributed by atoms with Crippen molar-refractivity contribution in [3.05, 3.63) is 22.2 Å². The Kier molecular flexibility index (Phi) is 7.32. The monoisotopic (exact) mass is 416 g/mol. The lowest BCUT2D eigenvalue weighted by molar-refractivity contribution is -0.0669. The molecule has 0 saturated carbocycles. The van der Waals surface area contributed by atoms with E-state index < -0.39 is 8.32 Å². The molecule has 2 atom stereocenters. The molecule has 0 saturated heterocycles. The first-order valence-corrected chi connectivity index (χ1v) is 12.8. The first kappa shape index (κ1) is 20.4. The van der Waals surface area contributed by atoms with E-state index in [1.165, 1.54) is 22.9 Å². The fraction of sp³-hybridized carbons (Fsp3) is 0.789. The molecule has 0 N–H and O–H groups in total. The van der Waals surface area contributed by atoms with Crippen molar-refractivity contribution in [3.8, 4) is 0 Å². The van der Waals surface area contributed by atoms with Crippen LogP contribution in [0.3, 0.4) is 0 Å². The average Bonchev–Trinajstić information content (AvgIpc) is 2.52. The minimum absolute atomic E-state index is 0.00732. The zero-order valence-electron chi connectivity index (χ0n) is 15.9. The van der Waals surface area contributed by atoms with E-state index in [-0.39, 0.29) is 17.2 Å². The van der Waals surface area contributed by atoms with Crippen LogP contribution in [0.2, 0.25) is 18.1 Å². The molecule has 0 fully saturated rings. The first-order chi connectivity index (χ1) is 11.2. The Hall–Kier alpha value is 0.0569. The van der Waals surface area contributed by atoms with Crippen molar-refractivity contribution >= 4 is 24.2 Å². The molecule has 0 radical (unpaired) electrons. The van der Waals surface area contributed by atoms with E-state index in [4.69, 9.17) is 13.9 Å². The van der Waals surface area contributed by atoms with Gasteiger partial charge in [0, 0.05) is 0 Å². The Balaban J connectivity index is 1.91. The topological polar surface area (TPSA) is 27.7 Å². The molecule has 1 aliphatic carbocycles. The molecule has 138 valence electrons. The van der Waals surface area contributed by atoms with Gasteiger partial charge >= 0.3 is 0 Å². The number of halogens is 1. The molecule has 2 rings (SSSR count). The van der Waals surface area contributed by atoms with Gasteiger partial charge in [-0.15, -0.1) is 0 Å². The number of rotatable bonds is 6. The number of allylic oxidation sites excluding steroid dienone is 1. The third-order valence-electron chi connectivity index (χ3n) is 5.47. The van der Waals surface area contributed by atoms with Crippen molar-refractivity contribution in [2.75, 3.05) is 19.8 Å². The average molecular weight is 417 g/mol. The molecule has 1 heterocycles. The van der Waals surface area contributed by atoms with Crippen LogP contribution in [-0.4, -0.2) is 40.3 Å². The van der Waals surface area contributed by atoms with Crippen LogP contribution in [0.4, 0.5) is 0 Å². The van der Waals surface area contributed by atoms with E-state index in [0.717, 1.165) is 12.8 Å². The predicted octanol–water partition coefficient (Wildman–Crippen LogP) is 5.57. The zero-order valence-corrected chi connectivity index (χ0v) is 18.4. The molecule has 2 aliphatic rings. The Labute approximate surface area is 157 Å². The molecular weight excluding hydrogens is 384 g/mol. The summed E-state index contributed by atoms with van der Waals surface area (Å²) >= 11 is 3.70. The smallest absolute Gasteiger partial charge is 0.192 e. The third-order valence-corrected chi connectivity index (χ3v) is 10.9. The fourth-order valence-corrected chi connectivity index (χ4v) is 4.29. The van der Waals surface area contributed by atoms with Gasteiger partial charge in [0.15, 0.2) is 8.32 Å². The van der Waals surface area contributed by atoms with Gasteiger partial charge in [0.25, 0.3) is 0 Å². The minimum atomic E-state index is -1.76. The second-order valence-electron chi connectivity index (χ2n) is 8.36. The van der Waals surface area contributed by atoms with Crippen LogP contribution < -0.4 is 0 Å². The van der Waals surface area contributed by atoms with E-state index >= 15 is 0 Å². The normalized spacial score (nSPS) is 26.1. The lowest BCUT2D eigenvalue weighted by Crippen LogP contribution is -2.46. The molecule has 0 amide bonds. The second kappa shape index (κ2) is 8.63. The highest BCUT2D eigenvalue weighted by Crippen LogP contribution is 2.37. The quantitative estimate of drug-likeness (QED) is 0.418. The summed E-state index contributed by atoms with van der Waals surface area (Å²) in [4.78, 5) is 0. The largest absolute Gasteiger partial charge is 0.414 e. The Morgan fingerprint density at radius 1 is 1.25 bits per heavy atom. The van der Waals surface area contributed by atoms with Crippen LogP contribution in [-0.2, 0) is 13.9 Å². The summed E-state index contributed by atoms with van der Waals surface area (Å²) in [6, 6.07) is 0.